The molecule has 4 rings (SSSR count). The summed E-state index contributed by atoms with van der Waals surface area (Å²) in [4.78, 5) is 24.9. The first-order valence-electron chi connectivity index (χ1n) is 10.8. The number of hydrogen-bond donors (Lipinski definition) is 1. The van der Waals surface area contributed by atoms with Crippen molar-refractivity contribution in [3.63, 3.8) is 0 Å². The quantitative estimate of drug-likeness (QED) is 0.381. The molecule has 0 aliphatic carbocycles. The zero-order chi connectivity index (χ0) is 23.5. The van der Waals surface area contributed by atoms with Gasteiger partial charge in [0.1, 0.15) is 11.5 Å². The molecule has 33 heavy (non-hydrogen) atoms. The van der Waals surface area contributed by atoms with Gasteiger partial charge in [-0.05, 0) is 67.6 Å². The van der Waals surface area contributed by atoms with Gasteiger partial charge in [0.2, 0.25) is 5.91 Å². The third kappa shape index (κ3) is 4.44. The van der Waals surface area contributed by atoms with Crippen molar-refractivity contribution in [2.75, 3.05) is 5.32 Å². The Morgan fingerprint density at radius 1 is 0.939 bits per heavy atom. The lowest BCUT2D eigenvalue weighted by atomic mass is 9.99. The number of fused-ring (bicyclic) bond motifs is 1. The summed E-state index contributed by atoms with van der Waals surface area (Å²) in [6, 6.07) is 19.1. The number of nitrogens with one attached hydrogen (secondary N) is 1. The molecule has 1 aromatic heterocycles. The van der Waals surface area contributed by atoms with Gasteiger partial charge in [-0.15, -0.1) is 0 Å². The van der Waals surface area contributed by atoms with E-state index in [4.69, 9.17) is 4.74 Å². The summed E-state index contributed by atoms with van der Waals surface area (Å²) >= 11 is 0. The zero-order valence-electron chi connectivity index (χ0n) is 19.2. The first kappa shape index (κ1) is 22.1. The fourth-order valence-corrected chi connectivity index (χ4v) is 3.94. The molecule has 166 valence electrons. The Hall–Kier alpha value is -4.12. The lowest BCUT2D eigenvalue weighted by Gasteiger charge is -2.18. The number of carbonyl (C=O) groups is 1. The van der Waals surface area contributed by atoms with Crippen molar-refractivity contribution >= 4 is 22.4 Å². The molecule has 0 bridgehead atoms. The van der Waals surface area contributed by atoms with Gasteiger partial charge in [0.05, 0.1) is 0 Å². The minimum Gasteiger partial charge on any atom is -0.456 e. The van der Waals surface area contributed by atoms with E-state index in [0.717, 1.165) is 33.4 Å². The first-order chi connectivity index (χ1) is 15.9. The average molecular weight is 439 g/mol. The van der Waals surface area contributed by atoms with Crippen LogP contribution in [0.25, 0.3) is 21.9 Å². The van der Waals surface area contributed by atoms with Crippen molar-refractivity contribution in [1.82, 2.24) is 4.57 Å². The summed E-state index contributed by atoms with van der Waals surface area (Å²) in [5.41, 5.74) is 4.25. The molecule has 4 aromatic rings. The first-order valence-corrected chi connectivity index (χ1v) is 10.8. The molecule has 0 fully saturated rings. The van der Waals surface area contributed by atoms with Crippen molar-refractivity contribution < 1.29 is 9.53 Å². The van der Waals surface area contributed by atoms with E-state index in [-0.39, 0.29) is 11.5 Å². The zero-order valence-corrected chi connectivity index (χ0v) is 19.2. The molecule has 3 aromatic carbocycles. The van der Waals surface area contributed by atoms with Gasteiger partial charge in [-0.25, -0.2) is 0 Å². The van der Waals surface area contributed by atoms with E-state index in [1.807, 2.05) is 80.7 Å². The molecule has 1 heterocycles. The number of aryl methyl sites for hydroxylation is 3. The number of amides is 1. The molecule has 5 heteroatoms. The molecule has 1 N–H and O–H groups in total. The van der Waals surface area contributed by atoms with Gasteiger partial charge in [0.25, 0.3) is 5.56 Å². The Morgan fingerprint density at radius 2 is 1.64 bits per heavy atom. The van der Waals surface area contributed by atoms with Crippen LogP contribution in [0.1, 0.15) is 18.1 Å². The van der Waals surface area contributed by atoms with Gasteiger partial charge in [-0.3, -0.25) is 9.59 Å². The van der Waals surface area contributed by atoms with Crippen LogP contribution in [0.15, 0.2) is 83.8 Å². The van der Waals surface area contributed by atoms with E-state index in [0.29, 0.717) is 16.8 Å². The standard InChI is InChI=1S/C28H26N2O3/c1-5-9-26(31)29-20-14-15-25(33-27-18(2)10-8-11-19(27)3)23(16-20)24-17-30(4)28(32)22-13-7-6-12-21(22)24/h5-17H,1-4H3,(H,29,31)/b9-5+. The molecule has 1 amide bonds. The molecule has 0 saturated heterocycles. The van der Waals surface area contributed by atoms with Crippen LogP contribution < -0.4 is 15.6 Å². The number of rotatable bonds is 5. The van der Waals surface area contributed by atoms with Crippen molar-refractivity contribution in [3.05, 3.63) is 100 Å². The second kappa shape index (κ2) is 9.17. The SMILES string of the molecule is C/C=C/C(=O)Nc1ccc(Oc2c(C)cccc2C)c(-c2cn(C)c(=O)c3ccccc23)c1. The minimum absolute atomic E-state index is 0.0656. The monoisotopic (exact) mass is 438 g/mol. The van der Waals surface area contributed by atoms with Gasteiger partial charge >= 0.3 is 0 Å². The van der Waals surface area contributed by atoms with Crippen molar-refractivity contribution in [3.8, 4) is 22.6 Å². The number of carbonyl (C=O) groups excluding carboxylic acids is 1. The van der Waals surface area contributed by atoms with E-state index < -0.39 is 0 Å². The van der Waals surface area contributed by atoms with Crippen LogP contribution in [0, 0.1) is 13.8 Å². The highest BCUT2D eigenvalue weighted by Crippen LogP contribution is 2.39. The largest absolute Gasteiger partial charge is 0.456 e. The normalized spacial score (nSPS) is 11.2. The second-order valence-corrected chi connectivity index (χ2v) is 8.03. The second-order valence-electron chi connectivity index (χ2n) is 8.03. The molecule has 5 nitrogen and oxygen atoms in total. The van der Waals surface area contributed by atoms with Gasteiger partial charge in [-0.1, -0.05) is 42.5 Å². The maximum absolute atomic E-state index is 12.7. The summed E-state index contributed by atoms with van der Waals surface area (Å²) in [7, 11) is 1.74. The Morgan fingerprint density at radius 3 is 2.33 bits per heavy atom. The summed E-state index contributed by atoms with van der Waals surface area (Å²) in [5.74, 6) is 1.22. The van der Waals surface area contributed by atoms with Crippen molar-refractivity contribution in [2.45, 2.75) is 20.8 Å². The smallest absolute Gasteiger partial charge is 0.258 e. The summed E-state index contributed by atoms with van der Waals surface area (Å²) in [6.45, 7) is 5.81. The Kier molecular flexibility index (Phi) is 6.13. The topological polar surface area (TPSA) is 60.3 Å². The number of para-hydroxylation sites is 1. The number of aromatic nitrogens is 1. The highest BCUT2D eigenvalue weighted by molar-refractivity contribution is 6.01. The van der Waals surface area contributed by atoms with Crippen LogP contribution in [0.4, 0.5) is 5.69 Å². The molecular weight excluding hydrogens is 412 g/mol. The lowest BCUT2D eigenvalue weighted by Crippen LogP contribution is -2.16. The number of anilines is 1. The van der Waals surface area contributed by atoms with Crippen LogP contribution in [0.5, 0.6) is 11.5 Å². The van der Waals surface area contributed by atoms with Crippen LogP contribution >= 0.6 is 0 Å². The molecule has 0 spiro atoms. The Balaban J connectivity index is 1.95. The predicted molar refractivity (Wildman–Crippen MR) is 134 cm³/mol. The Bertz CT molecular complexity index is 1430. The molecule has 0 radical (unpaired) electrons. The van der Waals surface area contributed by atoms with Crippen LogP contribution in [-0.4, -0.2) is 10.5 Å². The highest BCUT2D eigenvalue weighted by atomic mass is 16.5. The van der Waals surface area contributed by atoms with E-state index in [2.05, 4.69) is 5.32 Å². The third-order valence-electron chi connectivity index (χ3n) is 5.57. The number of ether oxygens (including phenoxy) is 1. The summed E-state index contributed by atoms with van der Waals surface area (Å²) in [6.07, 6.45) is 4.98. The summed E-state index contributed by atoms with van der Waals surface area (Å²) in [5, 5.41) is 4.34. The van der Waals surface area contributed by atoms with Gasteiger partial charge in [0.15, 0.2) is 0 Å². The lowest BCUT2D eigenvalue weighted by molar-refractivity contribution is -0.111. The molecule has 0 aliphatic heterocycles. The van der Waals surface area contributed by atoms with Gasteiger partial charge in [-0.2, -0.15) is 0 Å². The molecule has 0 saturated carbocycles. The highest BCUT2D eigenvalue weighted by Gasteiger charge is 2.16. The fraction of sp³-hybridized carbons (Fsp3) is 0.143. The number of benzene rings is 3. The summed E-state index contributed by atoms with van der Waals surface area (Å²) < 4.78 is 8.01. The van der Waals surface area contributed by atoms with E-state index in [1.165, 1.54) is 6.08 Å². The van der Waals surface area contributed by atoms with Crippen molar-refractivity contribution in [1.29, 1.82) is 0 Å². The maximum atomic E-state index is 12.7. The minimum atomic E-state index is -0.211. The van der Waals surface area contributed by atoms with Crippen molar-refractivity contribution in [2.24, 2.45) is 7.05 Å². The average Bonchev–Trinajstić information content (AvgIpc) is 2.80. The number of pyridine rings is 1. The number of nitrogens with zero attached hydrogens (tertiary/aromatic N) is 1. The number of hydrogen-bond acceptors (Lipinski definition) is 3. The molecule has 0 unspecified atom stereocenters. The fourth-order valence-electron chi connectivity index (χ4n) is 3.94. The van der Waals surface area contributed by atoms with E-state index >= 15 is 0 Å². The predicted octanol–water partition coefficient (Wildman–Crippen LogP) is 6.13. The molecule has 0 aliphatic rings. The number of allylic oxidation sites excluding steroid dienone is 1. The van der Waals surface area contributed by atoms with E-state index in [1.54, 1.807) is 24.6 Å². The van der Waals surface area contributed by atoms with Gasteiger partial charge in [0, 0.05) is 35.4 Å². The van der Waals surface area contributed by atoms with Crippen LogP contribution in [-0.2, 0) is 11.8 Å². The van der Waals surface area contributed by atoms with E-state index in [9.17, 15) is 9.59 Å². The molecular formula is C28H26N2O3. The van der Waals surface area contributed by atoms with Crippen LogP contribution in [0.2, 0.25) is 0 Å². The molecule has 0 atom stereocenters. The van der Waals surface area contributed by atoms with Crippen LogP contribution in [0.3, 0.4) is 0 Å². The van der Waals surface area contributed by atoms with Gasteiger partial charge < -0.3 is 14.6 Å². The Labute approximate surface area is 193 Å². The third-order valence-corrected chi connectivity index (χ3v) is 5.57. The maximum Gasteiger partial charge on any atom is 0.258 e.